The Morgan fingerprint density at radius 3 is 2.00 bits per heavy atom. The molecular weight excluding hydrogens is 366 g/mol. The molecule has 156 valence electrons. The van der Waals surface area contributed by atoms with Crippen LogP contribution in [0.3, 0.4) is 0 Å². The van der Waals surface area contributed by atoms with Gasteiger partial charge in [0.25, 0.3) is 0 Å². The number of amides is 3. The molecule has 2 rings (SSSR count). The zero-order valence-electron chi connectivity index (χ0n) is 17.8. The smallest absolute Gasteiger partial charge is 0.315 e. The lowest BCUT2D eigenvalue weighted by Gasteiger charge is -2.25. The summed E-state index contributed by atoms with van der Waals surface area (Å²) in [5.41, 5.74) is 2.73. The van der Waals surface area contributed by atoms with Crippen LogP contribution in [0.5, 0.6) is 5.75 Å². The molecule has 0 heterocycles. The molecule has 0 saturated carbocycles. The quantitative estimate of drug-likeness (QED) is 0.598. The van der Waals surface area contributed by atoms with Crippen LogP contribution in [0.25, 0.3) is 0 Å². The van der Waals surface area contributed by atoms with E-state index in [4.69, 9.17) is 4.74 Å². The Labute approximate surface area is 173 Å². The van der Waals surface area contributed by atoms with Gasteiger partial charge in [-0.3, -0.25) is 4.79 Å². The van der Waals surface area contributed by atoms with E-state index in [-0.39, 0.29) is 29.9 Å². The molecule has 2 atom stereocenters. The van der Waals surface area contributed by atoms with Gasteiger partial charge < -0.3 is 20.7 Å². The number of ether oxygens (including phenoxy) is 1. The summed E-state index contributed by atoms with van der Waals surface area (Å²) in [4.78, 5) is 24.1. The average molecular weight is 398 g/mol. The number of carbonyl (C=O) groups excluding carboxylic acids is 2. The number of nitrogens with one attached hydrogen (secondary N) is 3. The minimum absolute atomic E-state index is 0.0263. The molecule has 0 aliphatic heterocycles. The average Bonchev–Trinajstić information content (AvgIpc) is 2.72. The van der Waals surface area contributed by atoms with E-state index >= 15 is 0 Å². The largest absolute Gasteiger partial charge is 0.497 e. The van der Waals surface area contributed by atoms with Crippen LogP contribution in [0.4, 0.5) is 10.5 Å². The zero-order valence-corrected chi connectivity index (χ0v) is 17.8. The molecule has 0 saturated heterocycles. The molecule has 0 aliphatic rings. The number of carbonyl (C=O) groups is 2. The summed E-state index contributed by atoms with van der Waals surface area (Å²) in [6, 6.07) is 14.7. The summed E-state index contributed by atoms with van der Waals surface area (Å²) in [6.45, 7) is 7.88. The number of urea groups is 1. The molecular formula is C23H31N3O3. The standard InChI is InChI=1S/C23H31N3O3/c1-6-21(27)25-19-11-7-17(8-12-19)16(4)24-23(28)26-22(15(2)3)18-9-13-20(29-5)14-10-18/h7-16,22H,6H2,1-5H3,(H,25,27)(H2,24,26,28). The van der Waals surface area contributed by atoms with Crippen LogP contribution in [-0.4, -0.2) is 19.0 Å². The third-order valence-electron chi connectivity index (χ3n) is 4.79. The number of hydrogen-bond acceptors (Lipinski definition) is 3. The minimum Gasteiger partial charge on any atom is -0.497 e. The third kappa shape index (κ3) is 6.52. The number of anilines is 1. The maximum absolute atomic E-state index is 12.6. The Bertz CT molecular complexity index is 801. The maximum Gasteiger partial charge on any atom is 0.315 e. The van der Waals surface area contributed by atoms with Crippen molar-refractivity contribution in [3.63, 3.8) is 0 Å². The first-order chi connectivity index (χ1) is 13.8. The van der Waals surface area contributed by atoms with Gasteiger partial charge in [-0.15, -0.1) is 0 Å². The predicted octanol–water partition coefficient (Wildman–Crippen LogP) is 4.80. The van der Waals surface area contributed by atoms with Crippen molar-refractivity contribution < 1.29 is 14.3 Å². The van der Waals surface area contributed by atoms with E-state index < -0.39 is 0 Å². The van der Waals surface area contributed by atoms with Gasteiger partial charge in [0.05, 0.1) is 19.2 Å². The Balaban J connectivity index is 1.99. The molecule has 3 N–H and O–H groups in total. The van der Waals surface area contributed by atoms with Crippen molar-refractivity contribution in [2.45, 2.75) is 46.2 Å². The predicted molar refractivity (Wildman–Crippen MR) is 116 cm³/mol. The van der Waals surface area contributed by atoms with Crippen LogP contribution < -0.4 is 20.7 Å². The summed E-state index contributed by atoms with van der Waals surface area (Å²) in [7, 11) is 1.63. The molecule has 6 nitrogen and oxygen atoms in total. The van der Waals surface area contributed by atoms with Gasteiger partial charge in [-0.2, -0.15) is 0 Å². The van der Waals surface area contributed by atoms with Crippen LogP contribution in [0.2, 0.25) is 0 Å². The SMILES string of the molecule is CCC(=O)Nc1ccc(C(C)NC(=O)NC(c2ccc(OC)cc2)C(C)C)cc1. The molecule has 3 amide bonds. The summed E-state index contributed by atoms with van der Waals surface area (Å²) >= 11 is 0. The lowest BCUT2D eigenvalue weighted by molar-refractivity contribution is -0.115. The molecule has 0 aromatic heterocycles. The van der Waals surface area contributed by atoms with Crippen molar-refractivity contribution >= 4 is 17.6 Å². The molecule has 0 bridgehead atoms. The topological polar surface area (TPSA) is 79.5 Å². The molecule has 0 spiro atoms. The molecule has 0 fully saturated rings. The summed E-state index contributed by atoms with van der Waals surface area (Å²) < 4.78 is 5.21. The molecule has 29 heavy (non-hydrogen) atoms. The summed E-state index contributed by atoms with van der Waals surface area (Å²) in [6.07, 6.45) is 0.436. The Morgan fingerprint density at radius 1 is 0.897 bits per heavy atom. The number of methoxy groups -OCH3 is 1. The van der Waals surface area contributed by atoms with Gasteiger partial charge in [0.15, 0.2) is 0 Å². The highest BCUT2D eigenvalue weighted by atomic mass is 16.5. The monoisotopic (exact) mass is 397 g/mol. The highest BCUT2D eigenvalue weighted by Crippen LogP contribution is 2.24. The van der Waals surface area contributed by atoms with Gasteiger partial charge in [0, 0.05) is 12.1 Å². The van der Waals surface area contributed by atoms with Crippen molar-refractivity contribution in [1.29, 1.82) is 0 Å². The normalized spacial score (nSPS) is 12.8. The van der Waals surface area contributed by atoms with Crippen molar-refractivity contribution in [2.24, 2.45) is 5.92 Å². The van der Waals surface area contributed by atoms with E-state index in [1.165, 1.54) is 0 Å². The number of rotatable bonds is 8. The van der Waals surface area contributed by atoms with Crippen LogP contribution >= 0.6 is 0 Å². The second-order valence-corrected chi connectivity index (χ2v) is 7.36. The van der Waals surface area contributed by atoms with Crippen molar-refractivity contribution in [3.05, 3.63) is 59.7 Å². The Kier molecular flexibility index (Phi) is 8.07. The first-order valence-electron chi connectivity index (χ1n) is 9.94. The van der Waals surface area contributed by atoms with Gasteiger partial charge in [0.1, 0.15) is 5.75 Å². The van der Waals surface area contributed by atoms with E-state index in [0.717, 1.165) is 22.6 Å². The molecule has 6 heteroatoms. The van der Waals surface area contributed by atoms with Gasteiger partial charge in [0.2, 0.25) is 5.91 Å². The lowest BCUT2D eigenvalue weighted by Crippen LogP contribution is -2.40. The Morgan fingerprint density at radius 2 is 1.48 bits per heavy atom. The number of benzene rings is 2. The van der Waals surface area contributed by atoms with Gasteiger partial charge >= 0.3 is 6.03 Å². The maximum atomic E-state index is 12.6. The van der Waals surface area contributed by atoms with E-state index in [1.807, 2.05) is 62.4 Å². The van der Waals surface area contributed by atoms with Crippen molar-refractivity contribution in [1.82, 2.24) is 10.6 Å². The fraction of sp³-hybridized carbons (Fsp3) is 0.391. The molecule has 2 aromatic carbocycles. The molecule has 0 radical (unpaired) electrons. The van der Waals surface area contributed by atoms with Crippen LogP contribution in [-0.2, 0) is 4.79 Å². The van der Waals surface area contributed by atoms with Crippen LogP contribution in [0.15, 0.2) is 48.5 Å². The van der Waals surface area contributed by atoms with Gasteiger partial charge in [-0.25, -0.2) is 4.79 Å². The lowest BCUT2D eigenvalue weighted by atomic mass is 9.96. The fourth-order valence-electron chi connectivity index (χ4n) is 3.01. The third-order valence-corrected chi connectivity index (χ3v) is 4.79. The first kappa shape index (κ1) is 22.3. The highest BCUT2D eigenvalue weighted by Gasteiger charge is 2.19. The van der Waals surface area contributed by atoms with Crippen LogP contribution in [0.1, 0.15) is 57.3 Å². The number of hydrogen-bond donors (Lipinski definition) is 3. The van der Waals surface area contributed by atoms with Crippen LogP contribution in [0, 0.1) is 5.92 Å². The molecule has 2 unspecified atom stereocenters. The minimum atomic E-state index is -0.226. The van der Waals surface area contributed by atoms with Crippen molar-refractivity contribution in [2.75, 3.05) is 12.4 Å². The highest BCUT2D eigenvalue weighted by molar-refractivity contribution is 5.90. The van der Waals surface area contributed by atoms with Gasteiger partial charge in [-0.1, -0.05) is 45.0 Å². The molecule has 2 aromatic rings. The molecule has 0 aliphatic carbocycles. The van der Waals surface area contributed by atoms with E-state index in [0.29, 0.717) is 6.42 Å². The van der Waals surface area contributed by atoms with E-state index in [2.05, 4.69) is 29.8 Å². The van der Waals surface area contributed by atoms with Gasteiger partial charge in [-0.05, 0) is 48.2 Å². The zero-order chi connectivity index (χ0) is 21.4. The second-order valence-electron chi connectivity index (χ2n) is 7.36. The summed E-state index contributed by atoms with van der Waals surface area (Å²) in [5.74, 6) is 0.986. The first-order valence-corrected chi connectivity index (χ1v) is 9.94. The van der Waals surface area contributed by atoms with Crippen molar-refractivity contribution in [3.8, 4) is 5.75 Å². The fourth-order valence-corrected chi connectivity index (χ4v) is 3.01. The second kappa shape index (κ2) is 10.5. The summed E-state index contributed by atoms with van der Waals surface area (Å²) in [5, 5.41) is 8.87. The van der Waals surface area contributed by atoms with E-state index in [9.17, 15) is 9.59 Å². The van der Waals surface area contributed by atoms with E-state index in [1.54, 1.807) is 7.11 Å². The Hall–Kier alpha value is -3.02.